The maximum atomic E-state index is 14.9. The fourth-order valence-electron chi connectivity index (χ4n) is 5.12. The van der Waals surface area contributed by atoms with E-state index in [1.807, 2.05) is 42.7 Å². The van der Waals surface area contributed by atoms with E-state index in [4.69, 9.17) is 14.4 Å². The van der Waals surface area contributed by atoms with Crippen molar-refractivity contribution in [3.05, 3.63) is 94.3 Å². The summed E-state index contributed by atoms with van der Waals surface area (Å²) in [5.74, 6) is 1.25. The van der Waals surface area contributed by atoms with E-state index in [9.17, 15) is 9.18 Å². The minimum absolute atomic E-state index is 0.0261. The van der Waals surface area contributed by atoms with Gasteiger partial charge in [0.1, 0.15) is 17.3 Å². The molecule has 0 radical (unpaired) electrons. The largest absolute Gasteiger partial charge is 0.402 e. The van der Waals surface area contributed by atoms with Gasteiger partial charge in [-0.25, -0.2) is 19.3 Å². The molecule has 1 N–H and O–H groups in total. The molecule has 5 aromatic rings. The Kier molecular flexibility index (Phi) is 5.99. The molecule has 2 saturated carbocycles. The molecule has 9 nitrogen and oxygen atoms in total. The number of aliphatic imine (C=N–C) groups is 1. The quantitative estimate of drug-likeness (QED) is 0.252. The number of anilines is 1. The monoisotopic (exact) mass is 577 g/mol. The van der Waals surface area contributed by atoms with E-state index in [1.54, 1.807) is 23.5 Å². The van der Waals surface area contributed by atoms with Crippen LogP contribution in [0, 0.1) is 5.82 Å². The summed E-state index contributed by atoms with van der Waals surface area (Å²) in [6.45, 7) is 0. The minimum Gasteiger partial charge on any atom is -0.402 e. The molecule has 3 aromatic heterocycles. The fraction of sp³-hybridized carbons (Fsp3) is 0.258. The topological polar surface area (TPSA) is 119 Å². The second-order valence-electron chi connectivity index (χ2n) is 10.8. The van der Waals surface area contributed by atoms with E-state index in [1.165, 1.54) is 6.07 Å². The highest BCUT2D eigenvalue weighted by molar-refractivity contribution is 7.15. The van der Waals surface area contributed by atoms with E-state index in [0.29, 0.717) is 34.4 Å². The molecule has 1 aliphatic heterocycles. The maximum absolute atomic E-state index is 14.9. The lowest BCUT2D eigenvalue weighted by Crippen LogP contribution is -2.29. The molecule has 2 aromatic carbocycles. The molecule has 11 heteroatoms. The van der Waals surface area contributed by atoms with E-state index in [-0.39, 0.29) is 24.1 Å². The molecule has 1 atom stereocenters. The van der Waals surface area contributed by atoms with Gasteiger partial charge in [-0.3, -0.25) is 9.79 Å². The van der Waals surface area contributed by atoms with Gasteiger partial charge in [-0.2, -0.15) is 0 Å². The zero-order valence-electron chi connectivity index (χ0n) is 22.3. The molecule has 8 rings (SSSR count). The maximum Gasteiger partial charge on any atom is 0.317 e. The van der Waals surface area contributed by atoms with Crippen LogP contribution in [0.15, 0.2) is 70.3 Å². The Labute approximate surface area is 244 Å². The number of ketones is 1. The van der Waals surface area contributed by atoms with Crippen molar-refractivity contribution in [2.45, 2.75) is 50.1 Å². The third-order valence-corrected chi connectivity index (χ3v) is 8.94. The highest BCUT2D eigenvalue weighted by atomic mass is 32.1. The van der Waals surface area contributed by atoms with Crippen LogP contribution in [0.5, 0.6) is 0 Å². The SMILES string of the molecule is O=C1Cc2c(F)cccc2C(c2ccccc2)=N[C@@H]1Nc1nnc(-c2nc(C3CC3)sc2-c2cnc(C3CC3)nc2)o1. The Balaban J connectivity index is 1.13. The summed E-state index contributed by atoms with van der Waals surface area (Å²) in [4.78, 5) is 33.0. The second kappa shape index (κ2) is 10.0. The normalized spacial score (nSPS) is 18.4. The van der Waals surface area contributed by atoms with E-state index < -0.39 is 12.0 Å². The lowest BCUT2D eigenvalue weighted by atomic mass is 9.95. The molecule has 2 fully saturated rings. The zero-order chi connectivity index (χ0) is 28.2. The number of Topliss-reactive ketones (excluding diaryl/α,β-unsaturated/α-hetero) is 1. The molecule has 2 aliphatic carbocycles. The summed E-state index contributed by atoms with van der Waals surface area (Å²) in [6, 6.07) is 14.2. The van der Waals surface area contributed by atoms with E-state index in [0.717, 1.165) is 52.5 Å². The lowest BCUT2D eigenvalue weighted by molar-refractivity contribution is -0.119. The highest BCUT2D eigenvalue weighted by Gasteiger charge is 2.32. The highest BCUT2D eigenvalue weighted by Crippen LogP contribution is 2.47. The third-order valence-electron chi connectivity index (χ3n) is 7.67. The lowest BCUT2D eigenvalue weighted by Gasteiger charge is -2.11. The first-order chi connectivity index (χ1) is 20.6. The summed E-state index contributed by atoms with van der Waals surface area (Å²) in [6.07, 6.45) is 6.98. The Hall–Kier alpha value is -4.64. The van der Waals surface area contributed by atoms with Crippen LogP contribution in [0.3, 0.4) is 0 Å². The van der Waals surface area contributed by atoms with Crippen LogP contribution in [-0.2, 0) is 11.2 Å². The fourth-order valence-corrected chi connectivity index (χ4v) is 6.33. The van der Waals surface area contributed by atoms with E-state index >= 15 is 0 Å². The average molecular weight is 578 g/mol. The van der Waals surface area contributed by atoms with Crippen molar-refractivity contribution in [1.82, 2.24) is 25.1 Å². The van der Waals surface area contributed by atoms with Gasteiger partial charge < -0.3 is 9.73 Å². The molecule has 0 spiro atoms. The first-order valence-corrected chi connectivity index (χ1v) is 14.8. The van der Waals surface area contributed by atoms with Gasteiger partial charge >= 0.3 is 6.01 Å². The number of carbonyl (C=O) groups excluding carboxylic acids is 1. The van der Waals surface area contributed by atoms with Gasteiger partial charge in [0, 0.05) is 52.9 Å². The molecule has 0 bridgehead atoms. The number of carbonyl (C=O) groups is 1. The van der Waals surface area contributed by atoms with Gasteiger partial charge in [-0.1, -0.05) is 47.6 Å². The summed E-state index contributed by atoms with van der Waals surface area (Å²) >= 11 is 1.60. The Bertz CT molecular complexity index is 1840. The zero-order valence-corrected chi connectivity index (χ0v) is 23.1. The molecule has 4 heterocycles. The number of nitrogens with one attached hydrogen (secondary N) is 1. The summed E-state index contributed by atoms with van der Waals surface area (Å²) < 4.78 is 20.9. The Morgan fingerprint density at radius 3 is 2.45 bits per heavy atom. The van der Waals surface area contributed by atoms with Gasteiger partial charge in [0.05, 0.1) is 15.6 Å². The second-order valence-corrected chi connectivity index (χ2v) is 11.9. The third kappa shape index (κ3) is 4.69. The van der Waals surface area contributed by atoms with Gasteiger partial charge in [-0.15, -0.1) is 16.4 Å². The van der Waals surface area contributed by atoms with Crippen molar-refractivity contribution in [3.8, 4) is 22.0 Å². The number of aromatic nitrogens is 5. The van der Waals surface area contributed by atoms with Crippen LogP contribution >= 0.6 is 11.3 Å². The van der Waals surface area contributed by atoms with Crippen molar-refractivity contribution in [1.29, 1.82) is 0 Å². The molecule has 3 aliphatic rings. The average Bonchev–Trinajstić information content (AvgIpc) is 3.95. The first kappa shape index (κ1) is 25.1. The predicted molar refractivity (Wildman–Crippen MR) is 155 cm³/mol. The van der Waals surface area contributed by atoms with Gasteiger partial charge in [0.25, 0.3) is 5.89 Å². The number of fused-ring (bicyclic) bond motifs is 1. The number of rotatable bonds is 7. The molecule has 42 heavy (non-hydrogen) atoms. The van der Waals surface area contributed by atoms with Crippen molar-refractivity contribution in [2.24, 2.45) is 4.99 Å². The van der Waals surface area contributed by atoms with Gasteiger partial charge in [-0.05, 0) is 31.7 Å². The minimum atomic E-state index is -1.05. The predicted octanol–water partition coefficient (Wildman–Crippen LogP) is 5.94. The van der Waals surface area contributed by atoms with Crippen LogP contribution in [0.4, 0.5) is 10.4 Å². The first-order valence-electron chi connectivity index (χ1n) is 14.0. The van der Waals surface area contributed by atoms with Gasteiger partial charge in [0.15, 0.2) is 11.9 Å². The van der Waals surface area contributed by atoms with Crippen molar-refractivity contribution < 1.29 is 13.6 Å². The molecular formula is C31H24FN7O2S. The smallest absolute Gasteiger partial charge is 0.317 e. The standard InChI is InChI=1S/C31H24FN7O2S/c32-22-8-4-7-20-21(22)13-23(40)28(35-24(20)16-5-2-1-3-6-16)37-31-39-38-29(41-31)25-26(42-30(36-25)18-11-12-18)19-14-33-27(34-15-19)17-9-10-17/h1-8,14-15,17-18,28H,9-13H2,(H,37,39)/t28-/m1/s1. The van der Waals surface area contributed by atoms with Crippen LogP contribution in [-0.4, -0.2) is 42.8 Å². The molecule has 0 amide bonds. The number of hydrogen-bond donors (Lipinski definition) is 1. The summed E-state index contributed by atoms with van der Waals surface area (Å²) in [5, 5.41) is 12.5. The van der Waals surface area contributed by atoms with Gasteiger partial charge in [0.2, 0.25) is 0 Å². The molecular weight excluding hydrogens is 553 g/mol. The summed E-state index contributed by atoms with van der Waals surface area (Å²) in [7, 11) is 0. The number of halogens is 1. The van der Waals surface area contributed by atoms with Crippen LogP contribution < -0.4 is 5.32 Å². The molecule has 0 saturated heterocycles. The number of hydrogen-bond acceptors (Lipinski definition) is 10. The van der Waals surface area contributed by atoms with Crippen molar-refractivity contribution >= 4 is 28.8 Å². The Morgan fingerprint density at radius 1 is 0.905 bits per heavy atom. The number of thiazole rings is 1. The molecule has 208 valence electrons. The van der Waals surface area contributed by atoms with Crippen molar-refractivity contribution in [2.75, 3.05) is 5.32 Å². The van der Waals surface area contributed by atoms with E-state index in [2.05, 4.69) is 25.5 Å². The van der Waals surface area contributed by atoms with Crippen LogP contribution in [0.1, 0.15) is 65.0 Å². The van der Waals surface area contributed by atoms with Crippen LogP contribution in [0.25, 0.3) is 22.0 Å². The molecule has 0 unspecified atom stereocenters. The van der Waals surface area contributed by atoms with Crippen LogP contribution in [0.2, 0.25) is 0 Å². The number of nitrogens with zero attached hydrogens (tertiary/aromatic N) is 6. The van der Waals surface area contributed by atoms with Crippen molar-refractivity contribution in [3.63, 3.8) is 0 Å². The summed E-state index contributed by atoms with van der Waals surface area (Å²) in [5.41, 5.74) is 3.60. The Morgan fingerprint density at radius 2 is 1.69 bits per heavy atom. The number of benzene rings is 2.